The Kier molecular flexibility index (Phi) is 2.39. The van der Waals surface area contributed by atoms with E-state index in [1.54, 1.807) is 0 Å². The van der Waals surface area contributed by atoms with E-state index in [1.807, 2.05) is 24.3 Å². The predicted octanol–water partition coefficient (Wildman–Crippen LogP) is 1.44. The van der Waals surface area contributed by atoms with Crippen LogP contribution in [0.25, 0.3) is 0 Å². The summed E-state index contributed by atoms with van der Waals surface area (Å²) in [5.41, 5.74) is 7.46. The van der Waals surface area contributed by atoms with Gasteiger partial charge in [-0.25, -0.2) is 0 Å². The molecule has 1 unspecified atom stereocenters. The fourth-order valence-corrected chi connectivity index (χ4v) is 1.92. The van der Waals surface area contributed by atoms with E-state index in [2.05, 4.69) is 4.90 Å². The largest absolute Gasteiger partial charge is 0.399 e. The van der Waals surface area contributed by atoms with Gasteiger partial charge in [0.1, 0.15) is 6.29 Å². The fraction of sp³-hybridized carbons (Fsp3) is 0.364. The molecule has 0 bridgehead atoms. The van der Waals surface area contributed by atoms with Gasteiger partial charge in [0.15, 0.2) is 0 Å². The maximum atomic E-state index is 10.8. The quantitative estimate of drug-likeness (QED) is 0.567. The van der Waals surface area contributed by atoms with Crippen molar-refractivity contribution in [2.24, 2.45) is 0 Å². The summed E-state index contributed by atoms with van der Waals surface area (Å²) in [6.07, 6.45) is 3.09. The van der Waals surface area contributed by atoms with Gasteiger partial charge < -0.3 is 15.4 Å². The Morgan fingerprint density at radius 3 is 2.71 bits per heavy atom. The van der Waals surface area contributed by atoms with Crippen molar-refractivity contribution in [1.82, 2.24) is 0 Å². The highest BCUT2D eigenvalue weighted by Gasteiger charge is 2.23. The predicted molar refractivity (Wildman–Crippen MR) is 57.3 cm³/mol. The Hall–Kier alpha value is -1.51. The highest BCUT2D eigenvalue weighted by atomic mass is 16.1. The number of nitrogens with two attached hydrogens (primary N) is 1. The standard InChI is InChI=1S/C11H14N2O/c12-9-3-5-10(6-4-9)13-7-1-2-11(13)8-14/h3-6,8,11H,1-2,7,12H2. The van der Waals surface area contributed by atoms with Crippen LogP contribution in [0.5, 0.6) is 0 Å². The summed E-state index contributed by atoms with van der Waals surface area (Å²) in [5, 5.41) is 0. The van der Waals surface area contributed by atoms with Gasteiger partial charge >= 0.3 is 0 Å². The molecule has 1 aromatic rings. The van der Waals surface area contributed by atoms with Gasteiger partial charge in [-0.2, -0.15) is 0 Å². The first-order valence-electron chi connectivity index (χ1n) is 4.89. The van der Waals surface area contributed by atoms with Gasteiger partial charge in [-0.15, -0.1) is 0 Å². The van der Waals surface area contributed by atoms with Crippen molar-refractivity contribution < 1.29 is 4.79 Å². The average molecular weight is 190 g/mol. The summed E-state index contributed by atoms with van der Waals surface area (Å²) in [6.45, 7) is 0.966. The maximum Gasteiger partial charge on any atom is 0.142 e. The lowest BCUT2D eigenvalue weighted by atomic mass is 10.2. The Balaban J connectivity index is 2.21. The van der Waals surface area contributed by atoms with Gasteiger partial charge in [0.25, 0.3) is 0 Å². The van der Waals surface area contributed by atoms with E-state index in [1.165, 1.54) is 0 Å². The van der Waals surface area contributed by atoms with Crippen molar-refractivity contribution in [2.75, 3.05) is 17.2 Å². The number of aldehydes is 1. The number of hydrogen-bond acceptors (Lipinski definition) is 3. The minimum Gasteiger partial charge on any atom is -0.399 e. The van der Waals surface area contributed by atoms with Gasteiger partial charge in [0, 0.05) is 17.9 Å². The SMILES string of the molecule is Nc1ccc(N2CCCC2C=O)cc1. The molecule has 1 fully saturated rings. The molecule has 0 radical (unpaired) electrons. The first-order valence-corrected chi connectivity index (χ1v) is 4.89. The van der Waals surface area contributed by atoms with E-state index in [-0.39, 0.29) is 6.04 Å². The van der Waals surface area contributed by atoms with E-state index in [4.69, 9.17) is 5.73 Å². The summed E-state index contributed by atoms with van der Waals surface area (Å²) >= 11 is 0. The number of benzene rings is 1. The van der Waals surface area contributed by atoms with Crippen LogP contribution < -0.4 is 10.6 Å². The van der Waals surface area contributed by atoms with Crippen LogP contribution in [0, 0.1) is 0 Å². The van der Waals surface area contributed by atoms with Crippen LogP contribution >= 0.6 is 0 Å². The van der Waals surface area contributed by atoms with E-state index >= 15 is 0 Å². The molecule has 3 heteroatoms. The second-order valence-corrected chi connectivity index (χ2v) is 3.63. The second kappa shape index (κ2) is 3.70. The Morgan fingerprint density at radius 2 is 2.07 bits per heavy atom. The monoisotopic (exact) mass is 190 g/mol. The van der Waals surface area contributed by atoms with Crippen LogP contribution in [0.15, 0.2) is 24.3 Å². The number of nitrogens with zero attached hydrogens (tertiary/aromatic N) is 1. The molecule has 0 aromatic heterocycles. The number of carbonyl (C=O) groups excluding carboxylic acids is 1. The lowest BCUT2D eigenvalue weighted by Crippen LogP contribution is -2.30. The first kappa shape index (κ1) is 9.06. The summed E-state index contributed by atoms with van der Waals surface area (Å²) in [7, 11) is 0. The average Bonchev–Trinajstić information content (AvgIpc) is 2.67. The number of nitrogen functional groups attached to an aromatic ring is 1. The first-order chi connectivity index (χ1) is 6.81. The van der Waals surface area contributed by atoms with Crippen molar-refractivity contribution in [2.45, 2.75) is 18.9 Å². The van der Waals surface area contributed by atoms with Crippen LogP contribution in [0.4, 0.5) is 11.4 Å². The molecule has 0 amide bonds. The van der Waals surface area contributed by atoms with Crippen LogP contribution in [-0.4, -0.2) is 18.9 Å². The maximum absolute atomic E-state index is 10.8. The van der Waals surface area contributed by atoms with Crippen molar-refractivity contribution in [3.63, 3.8) is 0 Å². The molecule has 1 aliphatic rings. The van der Waals surface area contributed by atoms with Crippen LogP contribution in [0.1, 0.15) is 12.8 Å². The second-order valence-electron chi connectivity index (χ2n) is 3.63. The van der Waals surface area contributed by atoms with E-state index in [9.17, 15) is 4.79 Å². The van der Waals surface area contributed by atoms with Crippen molar-refractivity contribution >= 4 is 17.7 Å². The third-order valence-corrected chi connectivity index (χ3v) is 2.68. The number of hydrogen-bond donors (Lipinski definition) is 1. The topological polar surface area (TPSA) is 46.3 Å². The van der Waals surface area contributed by atoms with Crippen LogP contribution in [-0.2, 0) is 4.79 Å². The van der Waals surface area contributed by atoms with Crippen molar-refractivity contribution in [3.05, 3.63) is 24.3 Å². The van der Waals surface area contributed by atoms with E-state index in [0.29, 0.717) is 0 Å². The number of carbonyl (C=O) groups is 1. The van der Waals surface area contributed by atoms with Crippen LogP contribution in [0.3, 0.4) is 0 Å². The molecule has 1 heterocycles. The number of anilines is 2. The Bertz CT molecular complexity index is 321. The Labute approximate surface area is 83.5 Å². The lowest BCUT2D eigenvalue weighted by Gasteiger charge is -2.22. The van der Waals surface area contributed by atoms with Gasteiger partial charge in [0.05, 0.1) is 6.04 Å². The van der Waals surface area contributed by atoms with Gasteiger partial charge in [-0.3, -0.25) is 0 Å². The fourth-order valence-electron chi connectivity index (χ4n) is 1.92. The minimum atomic E-state index is 0.0543. The third kappa shape index (κ3) is 1.58. The normalized spacial score (nSPS) is 21.1. The van der Waals surface area contributed by atoms with Crippen molar-refractivity contribution in [1.29, 1.82) is 0 Å². The molecule has 74 valence electrons. The Morgan fingerprint density at radius 1 is 1.36 bits per heavy atom. The molecular weight excluding hydrogens is 176 g/mol. The van der Waals surface area contributed by atoms with Gasteiger partial charge in [-0.1, -0.05) is 0 Å². The molecule has 14 heavy (non-hydrogen) atoms. The molecular formula is C11H14N2O. The molecule has 1 saturated heterocycles. The van der Waals surface area contributed by atoms with Crippen LogP contribution in [0.2, 0.25) is 0 Å². The van der Waals surface area contributed by atoms with E-state index in [0.717, 1.165) is 37.0 Å². The van der Waals surface area contributed by atoms with Gasteiger partial charge in [0.2, 0.25) is 0 Å². The molecule has 0 saturated carbocycles. The molecule has 1 atom stereocenters. The van der Waals surface area contributed by atoms with Gasteiger partial charge in [-0.05, 0) is 37.1 Å². The highest BCUT2D eigenvalue weighted by Crippen LogP contribution is 2.24. The molecule has 2 N–H and O–H groups in total. The zero-order chi connectivity index (χ0) is 9.97. The molecule has 3 nitrogen and oxygen atoms in total. The zero-order valence-electron chi connectivity index (χ0n) is 8.02. The molecule has 0 aliphatic carbocycles. The zero-order valence-corrected chi connectivity index (χ0v) is 8.02. The molecule has 2 rings (SSSR count). The number of rotatable bonds is 2. The summed E-state index contributed by atoms with van der Waals surface area (Å²) in [4.78, 5) is 12.9. The smallest absolute Gasteiger partial charge is 0.142 e. The third-order valence-electron chi connectivity index (χ3n) is 2.68. The van der Waals surface area contributed by atoms with Crippen molar-refractivity contribution in [3.8, 4) is 0 Å². The summed E-state index contributed by atoms with van der Waals surface area (Å²) in [6, 6.07) is 7.73. The summed E-state index contributed by atoms with van der Waals surface area (Å²) < 4.78 is 0. The molecule has 1 aliphatic heterocycles. The highest BCUT2D eigenvalue weighted by molar-refractivity contribution is 5.68. The lowest BCUT2D eigenvalue weighted by molar-refractivity contribution is -0.108. The van der Waals surface area contributed by atoms with E-state index < -0.39 is 0 Å². The molecule has 1 aromatic carbocycles. The minimum absolute atomic E-state index is 0.0543. The summed E-state index contributed by atoms with van der Waals surface area (Å²) in [5.74, 6) is 0. The molecule has 0 spiro atoms.